The smallest absolute Gasteiger partial charge is 0.271 e. The number of carbonyl (C=O) groups excluding carboxylic acids is 1. The molecular weight excluding hydrogens is 256 g/mol. The summed E-state index contributed by atoms with van der Waals surface area (Å²) in [5, 5.41) is 4.92. The summed E-state index contributed by atoms with van der Waals surface area (Å²) in [6.45, 7) is 2.20. The summed E-state index contributed by atoms with van der Waals surface area (Å²) in [5.74, 6) is 0.382. The molecule has 0 radical (unpaired) electrons. The van der Waals surface area contributed by atoms with Gasteiger partial charge in [-0.15, -0.1) is 11.3 Å². The fraction of sp³-hybridized carbons (Fsp3) is 0.333. The zero-order chi connectivity index (χ0) is 13.2. The Kier molecular flexibility index (Phi) is 3.34. The SMILES string of the molecule is C[C@H]1CCc2ccccc2[C@@H]1NC(=O)c1cscn1. The van der Waals surface area contributed by atoms with E-state index in [1.165, 1.54) is 22.5 Å². The number of rotatable bonds is 2. The van der Waals surface area contributed by atoms with Crippen molar-refractivity contribution < 1.29 is 4.79 Å². The Morgan fingerprint density at radius 2 is 2.26 bits per heavy atom. The van der Waals surface area contributed by atoms with Gasteiger partial charge in [-0.25, -0.2) is 4.98 Å². The summed E-state index contributed by atoms with van der Waals surface area (Å²) >= 11 is 1.44. The van der Waals surface area contributed by atoms with Gasteiger partial charge in [0.15, 0.2) is 0 Å². The summed E-state index contributed by atoms with van der Waals surface area (Å²) in [4.78, 5) is 16.2. The summed E-state index contributed by atoms with van der Waals surface area (Å²) in [5.41, 5.74) is 4.81. The highest BCUT2D eigenvalue weighted by Gasteiger charge is 2.28. The molecule has 1 aromatic heterocycles. The Bertz CT molecular complexity index is 580. The van der Waals surface area contributed by atoms with E-state index in [9.17, 15) is 4.79 Å². The van der Waals surface area contributed by atoms with Gasteiger partial charge in [0.25, 0.3) is 5.91 Å². The minimum atomic E-state index is -0.0743. The number of benzene rings is 1. The molecule has 1 aliphatic carbocycles. The fourth-order valence-corrected chi connectivity index (χ4v) is 3.21. The number of nitrogens with zero attached hydrogens (tertiary/aromatic N) is 1. The second-order valence-corrected chi connectivity index (χ2v) is 5.76. The van der Waals surface area contributed by atoms with Gasteiger partial charge in [0.1, 0.15) is 5.69 Å². The fourth-order valence-electron chi connectivity index (χ4n) is 2.68. The molecule has 0 saturated heterocycles. The van der Waals surface area contributed by atoms with E-state index in [4.69, 9.17) is 0 Å². The molecule has 4 heteroatoms. The summed E-state index contributed by atoms with van der Waals surface area (Å²) < 4.78 is 0. The number of aryl methyl sites for hydroxylation is 1. The first-order chi connectivity index (χ1) is 9.25. The molecule has 19 heavy (non-hydrogen) atoms. The third kappa shape index (κ3) is 2.40. The molecule has 1 heterocycles. The van der Waals surface area contributed by atoms with Crippen molar-refractivity contribution in [2.24, 2.45) is 5.92 Å². The van der Waals surface area contributed by atoms with Crippen molar-refractivity contribution in [1.29, 1.82) is 0 Å². The molecule has 0 spiro atoms. The zero-order valence-electron chi connectivity index (χ0n) is 10.8. The number of carbonyl (C=O) groups is 1. The van der Waals surface area contributed by atoms with Crippen LogP contribution in [0.5, 0.6) is 0 Å². The second kappa shape index (κ2) is 5.13. The Morgan fingerprint density at radius 3 is 3.05 bits per heavy atom. The van der Waals surface area contributed by atoms with Gasteiger partial charge >= 0.3 is 0 Å². The van der Waals surface area contributed by atoms with Crippen LogP contribution in [-0.4, -0.2) is 10.9 Å². The van der Waals surface area contributed by atoms with Crippen LogP contribution in [0.2, 0.25) is 0 Å². The third-order valence-corrected chi connectivity index (χ3v) is 4.37. The molecule has 0 bridgehead atoms. The van der Waals surface area contributed by atoms with Gasteiger partial charge in [-0.3, -0.25) is 4.79 Å². The van der Waals surface area contributed by atoms with Crippen molar-refractivity contribution >= 4 is 17.2 Å². The number of fused-ring (bicyclic) bond motifs is 1. The van der Waals surface area contributed by atoms with Crippen LogP contribution in [0, 0.1) is 5.92 Å². The predicted octanol–water partition coefficient (Wildman–Crippen LogP) is 3.20. The number of nitrogens with one attached hydrogen (secondary N) is 1. The van der Waals surface area contributed by atoms with Crippen molar-refractivity contribution in [3.63, 3.8) is 0 Å². The summed E-state index contributed by atoms with van der Waals surface area (Å²) in [6, 6.07) is 8.48. The van der Waals surface area contributed by atoms with E-state index in [2.05, 4.69) is 35.4 Å². The lowest BCUT2D eigenvalue weighted by Gasteiger charge is -2.31. The molecule has 2 aromatic rings. The molecular formula is C15H16N2OS. The highest BCUT2D eigenvalue weighted by atomic mass is 32.1. The van der Waals surface area contributed by atoms with Crippen molar-refractivity contribution in [3.8, 4) is 0 Å². The number of thiazole rings is 1. The van der Waals surface area contributed by atoms with Gasteiger partial charge in [-0.05, 0) is 29.9 Å². The highest BCUT2D eigenvalue weighted by Crippen LogP contribution is 2.34. The van der Waals surface area contributed by atoms with Crippen LogP contribution in [0.1, 0.15) is 41.0 Å². The first-order valence-electron chi connectivity index (χ1n) is 6.52. The largest absolute Gasteiger partial charge is 0.344 e. The number of hydrogen-bond donors (Lipinski definition) is 1. The maximum atomic E-state index is 12.2. The van der Waals surface area contributed by atoms with Gasteiger partial charge < -0.3 is 5.32 Å². The molecule has 2 atom stereocenters. The van der Waals surface area contributed by atoms with Crippen LogP contribution in [0.25, 0.3) is 0 Å². The number of aromatic nitrogens is 1. The molecule has 0 aliphatic heterocycles. The summed E-state index contributed by atoms with van der Waals surface area (Å²) in [6.07, 6.45) is 2.21. The molecule has 3 nitrogen and oxygen atoms in total. The van der Waals surface area contributed by atoms with Crippen molar-refractivity contribution in [3.05, 3.63) is 52.0 Å². The molecule has 3 rings (SSSR count). The lowest BCUT2D eigenvalue weighted by Crippen LogP contribution is -2.35. The average Bonchev–Trinajstić information content (AvgIpc) is 2.96. The normalized spacial score (nSPS) is 21.7. The van der Waals surface area contributed by atoms with Gasteiger partial charge in [0, 0.05) is 5.38 Å². The molecule has 1 amide bonds. The maximum Gasteiger partial charge on any atom is 0.271 e. The lowest BCUT2D eigenvalue weighted by molar-refractivity contribution is 0.0915. The Balaban J connectivity index is 1.86. The van der Waals surface area contributed by atoms with E-state index < -0.39 is 0 Å². The van der Waals surface area contributed by atoms with Gasteiger partial charge in [-0.2, -0.15) is 0 Å². The van der Waals surface area contributed by atoms with Crippen molar-refractivity contribution in [2.75, 3.05) is 0 Å². The van der Waals surface area contributed by atoms with E-state index in [1.807, 2.05) is 6.07 Å². The van der Waals surface area contributed by atoms with Crippen LogP contribution in [-0.2, 0) is 6.42 Å². The Labute approximate surface area is 116 Å². The van der Waals surface area contributed by atoms with E-state index in [0.29, 0.717) is 11.6 Å². The zero-order valence-corrected chi connectivity index (χ0v) is 11.6. The van der Waals surface area contributed by atoms with Gasteiger partial charge in [-0.1, -0.05) is 31.2 Å². The van der Waals surface area contributed by atoms with Crippen molar-refractivity contribution in [2.45, 2.75) is 25.8 Å². The van der Waals surface area contributed by atoms with E-state index >= 15 is 0 Å². The minimum Gasteiger partial charge on any atom is -0.344 e. The van der Waals surface area contributed by atoms with E-state index in [0.717, 1.165) is 12.8 Å². The first kappa shape index (κ1) is 12.4. The van der Waals surface area contributed by atoms with Crippen LogP contribution in [0.4, 0.5) is 0 Å². The van der Waals surface area contributed by atoms with Crippen LogP contribution < -0.4 is 5.32 Å². The summed E-state index contributed by atoms with van der Waals surface area (Å²) in [7, 11) is 0. The Hall–Kier alpha value is -1.68. The topological polar surface area (TPSA) is 42.0 Å². The lowest BCUT2D eigenvalue weighted by atomic mass is 9.80. The first-order valence-corrected chi connectivity index (χ1v) is 7.47. The standard InChI is InChI=1S/C15H16N2OS/c1-10-6-7-11-4-2-3-5-12(11)14(10)17-15(18)13-8-19-9-16-13/h2-5,8-10,14H,6-7H2,1H3,(H,17,18)/t10-,14+/m0/s1. The van der Waals surface area contributed by atoms with E-state index in [1.54, 1.807) is 10.9 Å². The van der Waals surface area contributed by atoms with Gasteiger partial charge in [0.05, 0.1) is 11.6 Å². The maximum absolute atomic E-state index is 12.2. The predicted molar refractivity (Wildman–Crippen MR) is 76.2 cm³/mol. The van der Waals surface area contributed by atoms with Crippen LogP contribution in [0.15, 0.2) is 35.2 Å². The van der Waals surface area contributed by atoms with Crippen LogP contribution >= 0.6 is 11.3 Å². The number of amides is 1. The minimum absolute atomic E-state index is 0.0743. The Morgan fingerprint density at radius 1 is 1.42 bits per heavy atom. The highest BCUT2D eigenvalue weighted by molar-refractivity contribution is 7.07. The molecule has 0 unspecified atom stereocenters. The van der Waals surface area contributed by atoms with E-state index in [-0.39, 0.29) is 11.9 Å². The second-order valence-electron chi connectivity index (χ2n) is 5.04. The van der Waals surface area contributed by atoms with Gasteiger partial charge in [0.2, 0.25) is 0 Å². The monoisotopic (exact) mass is 272 g/mol. The number of hydrogen-bond acceptors (Lipinski definition) is 3. The molecule has 1 N–H and O–H groups in total. The molecule has 0 fully saturated rings. The quantitative estimate of drug-likeness (QED) is 0.912. The molecule has 1 aromatic carbocycles. The molecule has 98 valence electrons. The molecule has 0 saturated carbocycles. The average molecular weight is 272 g/mol. The van der Waals surface area contributed by atoms with Crippen LogP contribution in [0.3, 0.4) is 0 Å². The van der Waals surface area contributed by atoms with Crippen molar-refractivity contribution in [1.82, 2.24) is 10.3 Å². The third-order valence-electron chi connectivity index (χ3n) is 3.78. The molecule has 1 aliphatic rings.